The number of quaternary nitrogens is 1. The smallest absolute Gasteiger partial charge is 0.268 e. The molecule has 3 atom stereocenters. The average Bonchev–Trinajstić information content (AvgIpc) is 1.77. The first-order valence-corrected chi connectivity index (χ1v) is 42.4. The van der Waals surface area contributed by atoms with Crippen LogP contribution in [0, 0.1) is 0 Å². The van der Waals surface area contributed by atoms with Gasteiger partial charge in [0.05, 0.1) is 39.9 Å². The summed E-state index contributed by atoms with van der Waals surface area (Å²) in [5, 5.41) is 14.0. The van der Waals surface area contributed by atoms with E-state index in [1.165, 1.54) is 308 Å². The highest BCUT2D eigenvalue weighted by Gasteiger charge is 2.23. The molecule has 8 nitrogen and oxygen atoms in total. The molecule has 0 aromatic rings. The lowest BCUT2D eigenvalue weighted by Gasteiger charge is -2.29. The molecule has 0 aromatic carbocycles. The Morgan fingerprint density at radius 2 is 0.660 bits per heavy atom. The van der Waals surface area contributed by atoms with E-state index in [0.717, 1.165) is 70.6 Å². The number of carbonyl (C=O) groups excluding carboxylic acids is 1. The van der Waals surface area contributed by atoms with E-state index in [9.17, 15) is 19.4 Å². The van der Waals surface area contributed by atoms with Gasteiger partial charge in [-0.25, -0.2) is 0 Å². The highest BCUT2D eigenvalue weighted by Crippen LogP contribution is 2.38. The number of likely N-dealkylation sites (N-methyl/N-ethyl adjacent to an activating group) is 1. The van der Waals surface area contributed by atoms with Crippen LogP contribution in [0.2, 0.25) is 0 Å². The van der Waals surface area contributed by atoms with Gasteiger partial charge in [0.1, 0.15) is 13.2 Å². The predicted molar refractivity (Wildman–Crippen MR) is 413 cm³/mol. The Labute approximate surface area is 586 Å². The van der Waals surface area contributed by atoms with Gasteiger partial charge in [-0.05, 0) is 83.5 Å². The van der Waals surface area contributed by atoms with Gasteiger partial charge in [-0.15, -0.1) is 0 Å². The Bertz CT molecular complexity index is 1820. The van der Waals surface area contributed by atoms with Gasteiger partial charge in [0.15, 0.2) is 0 Å². The van der Waals surface area contributed by atoms with E-state index in [-0.39, 0.29) is 12.5 Å². The lowest BCUT2D eigenvalue weighted by molar-refractivity contribution is -0.870. The Morgan fingerprint density at radius 3 is 0.989 bits per heavy atom. The number of aliphatic hydroxyl groups is 1. The van der Waals surface area contributed by atoms with E-state index in [0.29, 0.717) is 17.4 Å². The molecule has 0 bridgehead atoms. The van der Waals surface area contributed by atoms with Crippen molar-refractivity contribution in [3.8, 4) is 0 Å². The SMILES string of the molecule is CC/C=C\C/C=C\C/C=C\C/C=C\CCCCCCCCCCCCCCCCCCCCCCCCCCCCCCC(=O)NC(COP(=O)([O-])OCC[N+](C)(C)C)C(O)/C=C/CC/C=C/CC/C=C/CCCCCCCCCCCCCCCCCCCCCCC. The van der Waals surface area contributed by atoms with Crippen LogP contribution in [0.4, 0.5) is 0 Å². The predicted octanol–water partition coefficient (Wildman–Crippen LogP) is 26.4. The number of hydrogen-bond acceptors (Lipinski definition) is 6. The van der Waals surface area contributed by atoms with Crippen molar-refractivity contribution < 1.29 is 32.9 Å². The quantitative estimate of drug-likeness (QED) is 0.0272. The molecule has 0 heterocycles. The van der Waals surface area contributed by atoms with Gasteiger partial charge in [-0.2, -0.15) is 0 Å². The van der Waals surface area contributed by atoms with Gasteiger partial charge in [-0.3, -0.25) is 9.36 Å². The summed E-state index contributed by atoms with van der Waals surface area (Å²) in [6.07, 6.45) is 108. The Kier molecular flexibility index (Phi) is 73.0. The summed E-state index contributed by atoms with van der Waals surface area (Å²) in [4.78, 5) is 25.7. The second-order valence-corrected chi connectivity index (χ2v) is 30.5. The zero-order chi connectivity index (χ0) is 68.3. The number of hydrogen-bond donors (Lipinski definition) is 2. The normalized spacial score (nSPS) is 13.9. The molecule has 0 rings (SSSR count). The van der Waals surface area contributed by atoms with Crippen LogP contribution >= 0.6 is 7.82 Å². The molecule has 0 aliphatic rings. The standard InChI is InChI=1S/C85H159N2O6P/c1-6-8-10-12-14-16-18-20-22-24-26-28-30-32-34-36-38-39-40-41-42-43-44-45-46-47-49-51-53-55-57-59-61-63-65-67-69-71-73-75-77-79-85(89)86-83(82-93-94(90,91)92-81-80-87(3,4)5)84(88)78-76-74-72-70-68-66-64-62-60-58-56-54-52-50-48-37-35-33-31-29-27-25-23-21-19-17-15-13-11-9-7-2/h8,10,14,16,20,22,26,28,60,62,68,70,76,78,83-84,88H,6-7,9,11-13,15,17-19,21,23-25,27,29-59,61,63-67,69,71-75,77,79-82H2,1-5H3,(H-,86,89,90,91)/b10-8-,16-14-,22-20-,28-26-,62-60+,70-68+,78-76+. The highest BCUT2D eigenvalue weighted by molar-refractivity contribution is 7.45. The molecule has 0 aromatic heterocycles. The number of carbonyl (C=O) groups is 1. The largest absolute Gasteiger partial charge is 0.756 e. The van der Waals surface area contributed by atoms with Gasteiger partial charge in [-0.1, -0.05) is 394 Å². The molecular weight excluding hydrogens is 1180 g/mol. The van der Waals surface area contributed by atoms with Crippen LogP contribution in [0.25, 0.3) is 0 Å². The minimum absolute atomic E-state index is 0.00899. The average molecular weight is 1340 g/mol. The number of unbranched alkanes of at least 4 members (excludes halogenated alkanes) is 51. The molecule has 0 saturated heterocycles. The summed E-state index contributed by atoms with van der Waals surface area (Å²) in [7, 11) is 1.25. The third-order valence-corrected chi connectivity index (χ3v) is 19.5. The number of allylic oxidation sites excluding steroid dienone is 13. The Hall–Kier alpha value is -2.32. The van der Waals surface area contributed by atoms with Crippen LogP contribution < -0.4 is 10.2 Å². The van der Waals surface area contributed by atoms with E-state index in [1.807, 2.05) is 27.2 Å². The lowest BCUT2D eigenvalue weighted by atomic mass is 10.0. The van der Waals surface area contributed by atoms with Crippen molar-refractivity contribution in [3.63, 3.8) is 0 Å². The third kappa shape index (κ3) is 77.0. The van der Waals surface area contributed by atoms with E-state index >= 15 is 0 Å². The maximum atomic E-state index is 13.1. The number of nitrogens with one attached hydrogen (secondary N) is 1. The minimum atomic E-state index is -4.62. The summed E-state index contributed by atoms with van der Waals surface area (Å²) >= 11 is 0. The first kappa shape index (κ1) is 91.7. The first-order chi connectivity index (χ1) is 46.0. The Balaban J connectivity index is 3.96. The summed E-state index contributed by atoms with van der Waals surface area (Å²) in [5.74, 6) is -0.205. The van der Waals surface area contributed by atoms with Crippen molar-refractivity contribution in [1.29, 1.82) is 0 Å². The topological polar surface area (TPSA) is 108 Å². The van der Waals surface area contributed by atoms with Gasteiger partial charge in [0.2, 0.25) is 5.91 Å². The van der Waals surface area contributed by atoms with E-state index in [2.05, 4.69) is 92.1 Å². The van der Waals surface area contributed by atoms with Crippen molar-refractivity contribution in [1.82, 2.24) is 5.32 Å². The number of amides is 1. The maximum Gasteiger partial charge on any atom is 0.268 e. The van der Waals surface area contributed by atoms with Gasteiger partial charge >= 0.3 is 0 Å². The molecule has 0 saturated carbocycles. The van der Waals surface area contributed by atoms with Crippen LogP contribution in [0.5, 0.6) is 0 Å². The molecule has 550 valence electrons. The number of rotatable bonds is 76. The van der Waals surface area contributed by atoms with E-state index in [4.69, 9.17) is 9.05 Å². The molecule has 0 aliphatic heterocycles. The summed E-state index contributed by atoms with van der Waals surface area (Å²) < 4.78 is 23.5. The van der Waals surface area contributed by atoms with Gasteiger partial charge in [0, 0.05) is 6.42 Å². The van der Waals surface area contributed by atoms with Crippen LogP contribution in [0.15, 0.2) is 85.1 Å². The van der Waals surface area contributed by atoms with Crippen LogP contribution in [-0.4, -0.2) is 68.5 Å². The van der Waals surface area contributed by atoms with Crippen molar-refractivity contribution in [3.05, 3.63) is 85.1 Å². The molecule has 1 amide bonds. The summed E-state index contributed by atoms with van der Waals surface area (Å²) in [5.41, 5.74) is 0. The second kappa shape index (κ2) is 74.9. The molecule has 0 fully saturated rings. The highest BCUT2D eigenvalue weighted by atomic mass is 31.2. The summed E-state index contributed by atoms with van der Waals surface area (Å²) in [6, 6.07) is -0.913. The van der Waals surface area contributed by atoms with Gasteiger partial charge in [0.25, 0.3) is 7.82 Å². The van der Waals surface area contributed by atoms with Crippen molar-refractivity contribution in [2.45, 2.75) is 411 Å². The van der Waals surface area contributed by atoms with Crippen molar-refractivity contribution in [2.24, 2.45) is 0 Å². The molecule has 9 heteroatoms. The number of aliphatic hydroxyl groups excluding tert-OH is 1. The van der Waals surface area contributed by atoms with Gasteiger partial charge < -0.3 is 28.8 Å². The molecule has 2 N–H and O–H groups in total. The zero-order valence-electron chi connectivity index (χ0n) is 63.2. The van der Waals surface area contributed by atoms with Crippen LogP contribution in [-0.2, 0) is 18.4 Å². The van der Waals surface area contributed by atoms with E-state index < -0.39 is 26.6 Å². The molecule has 94 heavy (non-hydrogen) atoms. The molecule has 0 aliphatic carbocycles. The molecule has 0 radical (unpaired) electrons. The molecule has 3 unspecified atom stereocenters. The fourth-order valence-corrected chi connectivity index (χ4v) is 13.0. The summed E-state index contributed by atoms with van der Waals surface area (Å²) in [6.45, 7) is 4.56. The van der Waals surface area contributed by atoms with Crippen LogP contribution in [0.3, 0.4) is 0 Å². The molecule has 0 spiro atoms. The number of phosphoric acid groups is 1. The van der Waals surface area contributed by atoms with E-state index in [1.54, 1.807) is 6.08 Å². The van der Waals surface area contributed by atoms with Crippen LogP contribution in [0.1, 0.15) is 399 Å². The Morgan fingerprint density at radius 1 is 0.383 bits per heavy atom. The van der Waals surface area contributed by atoms with Crippen molar-refractivity contribution >= 4 is 13.7 Å². The number of phosphoric ester groups is 1. The zero-order valence-corrected chi connectivity index (χ0v) is 64.1. The minimum Gasteiger partial charge on any atom is -0.756 e. The lowest BCUT2D eigenvalue weighted by Crippen LogP contribution is -2.45. The molecular formula is C85H159N2O6P. The second-order valence-electron chi connectivity index (χ2n) is 29.1. The first-order valence-electron chi connectivity index (χ1n) is 40.9. The fraction of sp³-hybridized carbons (Fsp3) is 0.824. The monoisotopic (exact) mass is 1340 g/mol. The fourth-order valence-electron chi connectivity index (χ4n) is 12.3. The van der Waals surface area contributed by atoms with Crippen molar-refractivity contribution in [2.75, 3.05) is 40.9 Å². The maximum absolute atomic E-state index is 13.1. The number of nitrogens with zero attached hydrogens (tertiary/aromatic N) is 1. The third-order valence-electron chi connectivity index (χ3n) is 18.6.